The van der Waals surface area contributed by atoms with E-state index >= 15 is 0 Å². The van der Waals surface area contributed by atoms with Crippen LogP contribution >= 0.6 is 22.9 Å². The van der Waals surface area contributed by atoms with Crippen LogP contribution in [0.4, 0.5) is 15.3 Å². The van der Waals surface area contributed by atoms with Crippen molar-refractivity contribution in [2.75, 3.05) is 11.2 Å². The molecule has 1 heterocycles. The van der Waals surface area contributed by atoms with Crippen molar-refractivity contribution in [1.82, 2.24) is 4.98 Å². The molecular weight excluding hydrogens is 363 g/mol. The molecule has 128 valence electrons. The van der Waals surface area contributed by atoms with Crippen LogP contribution in [0.1, 0.15) is 11.1 Å². The number of thiazole rings is 1. The topological polar surface area (TPSA) is 72.5 Å². The van der Waals surface area contributed by atoms with E-state index in [2.05, 4.69) is 15.5 Å². The van der Waals surface area contributed by atoms with Crippen molar-refractivity contribution >= 4 is 40.1 Å². The van der Waals surface area contributed by atoms with Gasteiger partial charge in [-0.3, -0.25) is 5.43 Å². The second kappa shape index (κ2) is 7.96. The zero-order chi connectivity index (χ0) is 17.6. The number of benzene rings is 2. The number of hydrazone groups is 1. The maximum Gasteiger partial charge on any atom is 0.205 e. The highest BCUT2D eigenvalue weighted by molar-refractivity contribution is 7.14. The lowest BCUT2D eigenvalue weighted by molar-refractivity contribution is 0.306. The van der Waals surface area contributed by atoms with Crippen LogP contribution in [0.3, 0.4) is 0 Å². The number of halogens is 2. The number of aromatic nitrogens is 1. The monoisotopic (exact) mass is 376 g/mol. The molecule has 3 rings (SSSR count). The first-order valence-corrected chi connectivity index (χ1v) is 8.53. The lowest BCUT2D eigenvalue weighted by atomic mass is 10.2. The average molecular weight is 377 g/mol. The number of nitrogens with two attached hydrogens (primary N) is 1. The van der Waals surface area contributed by atoms with E-state index in [4.69, 9.17) is 22.1 Å². The molecule has 0 aliphatic heterocycles. The normalized spacial score (nSPS) is 11.0. The Bertz CT molecular complexity index is 883. The van der Waals surface area contributed by atoms with Crippen LogP contribution in [0.25, 0.3) is 0 Å². The Balaban J connectivity index is 1.53. The number of nitrogens with zero attached hydrogens (tertiary/aromatic N) is 2. The van der Waals surface area contributed by atoms with Crippen molar-refractivity contribution in [3.63, 3.8) is 0 Å². The number of ether oxygens (including phenoxy) is 1. The van der Waals surface area contributed by atoms with Crippen LogP contribution in [-0.4, -0.2) is 11.2 Å². The van der Waals surface area contributed by atoms with Crippen LogP contribution in [0.15, 0.2) is 52.9 Å². The van der Waals surface area contributed by atoms with Gasteiger partial charge in [-0.05, 0) is 47.5 Å². The van der Waals surface area contributed by atoms with Crippen LogP contribution < -0.4 is 15.9 Å². The molecule has 25 heavy (non-hydrogen) atoms. The minimum Gasteiger partial charge on any atom is -0.489 e. The Kier molecular flexibility index (Phi) is 5.47. The first-order valence-electron chi connectivity index (χ1n) is 7.27. The summed E-state index contributed by atoms with van der Waals surface area (Å²) >= 11 is 7.13. The highest BCUT2D eigenvalue weighted by atomic mass is 35.5. The molecule has 2 aromatic carbocycles. The fraction of sp³-hybridized carbons (Fsp3) is 0.0588. The van der Waals surface area contributed by atoms with Gasteiger partial charge in [0.2, 0.25) is 5.13 Å². The molecule has 5 nitrogen and oxygen atoms in total. The summed E-state index contributed by atoms with van der Waals surface area (Å²) in [5, 5.41) is 6.54. The van der Waals surface area contributed by atoms with Gasteiger partial charge < -0.3 is 10.5 Å². The van der Waals surface area contributed by atoms with Crippen molar-refractivity contribution in [2.45, 2.75) is 6.61 Å². The standard InChI is InChI=1S/C17H14ClFN4OS/c18-14-7-12(3-6-15(14)19)9-24-13-4-1-11(2-5-13)8-21-23-17-22-16(20)10-25-17/h1-8,10H,9,20H2,(H,22,23). The molecule has 0 fully saturated rings. The first-order chi connectivity index (χ1) is 12.1. The van der Waals surface area contributed by atoms with Crippen molar-refractivity contribution in [3.8, 4) is 5.75 Å². The molecule has 0 spiro atoms. The van der Waals surface area contributed by atoms with Gasteiger partial charge in [-0.15, -0.1) is 11.3 Å². The number of nitrogens with one attached hydrogen (secondary N) is 1. The summed E-state index contributed by atoms with van der Waals surface area (Å²) < 4.78 is 18.8. The predicted molar refractivity (Wildman–Crippen MR) is 99.9 cm³/mol. The van der Waals surface area contributed by atoms with Gasteiger partial charge in [0.25, 0.3) is 0 Å². The molecule has 0 aliphatic rings. The van der Waals surface area contributed by atoms with Crippen molar-refractivity contribution in [1.29, 1.82) is 0 Å². The molecule has 0 radical (unpaired) electrons. The van der Waals surface area contributed by atoms with E-state index in [0.29, 0.717) is 23.3 Å². The second-order valence-electron chi connectivity index (χ2n) is 5.05. The summed E-state index contributed by atoms with van der Waals surface area (Å²) in [6.07, 6.45) is 1.67. The lowest BCUT2D eigenvalue weighted by Crippen LogP contribution is -1.96. The number of anilines is 2. The number of rotatable bonds is 6. The van der Waals surface area contributed by atoms with Crippen LogP contribution in [-0.2, 0) is 6.61 Å². The number of hydrogen-bond donors (Lipinski definition) is 2. The third-order valence-electron chi connectivity index (χ3n) is 3.17. The van der Waals surface area contributed by atoms with Crippen molar-refractivity contribution in [3.05, 3.63) is 69.8 Å². The Labute approximate surface area is 152 Å². The summed E-state index contributed by atoms with van der Waals surface area (Å²) in [6, 6.07) is 11.9. The second-order valence-corrected chi connectivity index (χ2v) is 6.32. The predicted octanol–water partition coefficient (Wildman–Crippen LogP) is 4.54. The SMILES string of the molecule is Nc1csc(NN=Cc2ccc(OCc3ccc(F)c(Cl)c3)cc2)n1. The molecule has 0 aliphatic carbocycles. The minimum atomic E-state index is -0.442. The molecule has 3 N–H and O–H groups in total. The number of nitrogen functional groups attached to an aromatic ring is 1. The Hall–Kier alpha value is -2.64. The maximum absolute atomic E-state index is 13.1. The minimum absolute atomic E-state index is 0.0853. The van der Waals surface area contributed by atoms with Crippen LogP contribution in [0.5, 0.6) is 5.75 Å². The van der Waals surface area contributed by atoms with E-state index in [-0.39, 0.29) is 5.02 Å². The third-order valence-corrected chi connectivity index (χ3v) is 4.22. The molecule has 3 aromatic rings. The summed E-state index contributed by atoms with van der Waals surface area (Å²) in [6.45, 7) is 0.306. The van der Waals surface area contributed by atoms with E-state index in [9.17, 15) is 4.39 Å². The third kappa shape index (κ3) is 4.91. The fourth-order valence-electron chi connectivity index (χ4n) is 1.95. The molecule has 0 bridgehead atoms. The highest BCUT2D eigenvalue weighted by Crippen LogP contribution is 2.19. The molecule has 0 saturated heterocycles. The van der Waals surface area contributed by atoms with Gasteiger partial charge in [0.15, 0.2) is 0 Å². The van der Waals surface area contributed by atoms with Gasteiger partial charge in [-0.25, -0.2) is 9.37 Å². The molecule has 0 amide bonds. The fourth-order valence-corrected chi connectivity index (χ4v) is 2.70. The van der Waals surface area contributed by atoms with Gasteiger partial charge in [-0.1, -0.05) is 17.7 Å². The maximum atomic E-state index is 13.1. The Morgan fingerprint density at radius 1 is 1.28 bits per heavy atom. The summed E-state index contributed by atoms with van der Waals surface area (Å²) in [5.74, 6) is 0.716. The van der Waals surface area contributed by atoms with Crippen molar-refractivity contribution < 1.29 is 9.13 Å². The van der Waals surface area contributed by atoms with Gasteiger partial charge in [0.1, 0.15) is 24.0 Å². The summed E-state index contributed by atoms with van der Waals surface area (Å²) in [5.41, 5.74) is 10.0. The Morgan fingerprint density at radius 2 is 2.08 bits per heavy atom. The van der Waals surface area contributed by atoms with Gasteiger partial charge in [0.05, 0.1) is 11.2 Å². The van der Waals surface area contributed by atoms with E-state index < -0.39 is 5.82 Å². The molecule has 0 unspecified atom stereocenters. The smallest absolute Gasteiger partial charge is 0.205 e. The molecule has 1 aromatic heterocycles. The van der Waals surface area contributed by atoms with Crippen LogP contribution in [0, 0.1) is 5.82 Å². The summed E-state index contributed by atoms with van der Waals surface area (Å²) in [7, 11) is 0. The lowest BCUT2D eigenvalue weighted by Gasteiger charge is -2.07. The van der Waals surface area contributed by atoms with E-state index in [1.807, 2.05) is 24.3 Å². The van der Waals surface area contributed by atoms with Gasteiger partial charge >= 0.3 is 0 Å². The van der Waals surface area contributed by atoms with Gasteiger partial charge in [0, 0.05) is 5.38 Å². The highest BCUT2D eigenvalue weighted by Gasteiger charge is 2.02. The molecule has 0 atom stereocenters. The largest absolute Gasteiger partial charge is 0.489 e. The molecular formula is C17H14ClFN4OS. The van der Waals surface area contributed by atoms with E-state index in [1.165, 1.54) is 17.4 Å². The molecule has 0 saturated carbocycles. The van der Waals surface area contributed by atoms with E-state index in [1.54, 1.807) is 23.7 Å². The van der Waals surface area contributed by atoms with Crippen molar-refractivity contribution in [2.24, 2.45) is 5.10 Å². The molecule has 8 heteroatoms. The van der Waals surface area contributed by atoms with Crippen LogP contribution in [0.2, 0.25) is 5.02 Å². The average Bonchev–Trinajstić information content (AvgIpc) is 3.02. The zero-order valence-corrected chi connectivity index (χ0v) is 14.5. The van der Waals surface area contributed by atoms with E-state index in [0.717, 1.165) is 11.1 Å². The number of hydrogen-bond acceptors (Lipinski definition) is 6. The first kappa shape index (κ1) is 17.2. The summed E-state index contributed by atoms with van der Waals surface area (Å²) in [4.78, 5) is 4.04. The zero-order valence-electron chi connectivity index (χ0n) is 12.9. The van der Waals surface area contributed by atoms with Gasteiger partial charge in [-0.2, -0.15) is 5.10 Å². The quantitative estimate of drug-likeness (QED) is 0.489. The Morgan fingerprint density at radius 3 is 2.76 bits per heavy atom.